The van der Waals surface area contributed by atoms with Crippen molar-refractivity contribution < 1.29 is 14.0 Å². The first-order valence-electron chi connectivity index (χ1n) is 8.11. The molecule has 0 atom stereocenters. The van der Waals surface area contributed by atoms with E-state index in [-0.39, 0.29) is 17.2 Å². The Hall–Kier alpha value is -3.13. The number of amides is 2. The molecule has 2 amide bonds. The molecule has 0 aliphatic carbocycles. The number of nitrogens with zero attached hydrogens (tertiary/aromatic N) is 2. The molecule has 2 aromatic carbocycles. The summed E-state index contributed by atoms with van der Waals surface area (Å²) in [6.45, 7) is 2.00. The van der Waals surface area contributed by atoms with Gasteiger partial charge in [0.15, 0.2) is 5.16 Å². The molecule has 0 bridgehead atoms. The highest BCUT2D eigenvalue weighted by molar-refractivity contribution is 7.99. The fourth-order valence-corrected chi connectivity index (χ4v) is 3.15. The maximum absolute atomic E-state index is 12.9. The Kier molecular flexibility index (Phi) is 5.87. The summed E-state index contributed by atoms with van der Waals surface area (Å²) in [5, 5.41) is 0.671. The van der Waals surface area contributed by atoms with Crippen LogP contribution in [0.15, 0.2) is 66.1 Å². The second-order valence-electron chi connectivity index (χ2n) is 5.66. The zero-order valence-electron chi connectivity index (χ0n) is 14.5. The van der Waals surface area contributed by atoms with Gasteiger partial charge in [-0.1, -0.05) is 30.0 Å². The van der Waals surface area contributed by atoms with Crippen LogP contribution in [0.4, 0.5) is 4.39 Å². The van der Waals surface area contributed by atoms with Gasteiger partial charge in [-0.25, -0.2) is 9.37 Å². The number of nitrogens with one attached hydrogen (secondary N) is 2. The lowest BCUT2D eigenvalue weighted by atomic mass is 10.2. The van der Waals surface area contributed by atoms with E-state index in [0.717, 1.165) is 11.3 Å². The smallest absolute Gasteiger partial charge is 0.269 e. The molecule has 1 heterocycles. The van der Waals surface area contributed by atoms with Crippen LogP contribution in [0.1, 0.15) is 15.9 Å². The summed E-state index contributed by atoms with van der Waals surface area (Å²) >= 11 is 1.25. The molecule has 0 aliphatic heterocycles. The van der Waals surface area contributed by atoms with Crippen molar-refractivity contribution in [2.45, 2.75) is 12.1 Å². The van der Waals surface area contributed by atoms with E-state index in [9.17, 15) is 14.0 Å². The molecule has 1 aromatic heterocycles. The molecule has 3 rings (SSSR count). The molecular weight excluding hydrogens is 367 g/mol. The van der Waals surface area contributed by atoms with Crippen LogP contribution < -0.4 is 10.9 Å². The third-order valence-electron chi connectivity index (χ3n) is 3.74. The predicted molar refractivity (Wildman–Crippen MR) is 101 cm³/mol. The number of thioether (sulfide) groups is 1. The summed E-state index contributed by atoms with van der Waals surface area (Å²) < 4.78 is 14.8. The average molecular weight is 384 g/mol. The van der Waals surface area contributed by atoms with Crippen LogP contribution in [-0.4, -0.2) is 27.1 Å². The fourth-order valence-electron chi connectivity index (χ4n) is 2.38. The zero-order chi connectivity index (χ0) is 19.2. The van der Waals surface area contributed by atoms with Crippen LogP contribution in [0.3, 0.4) is 0 Å². The van der Waals surface area contributed by atoms with Crippen molar-refractivity contribution in [1.82, 2.24) is 20.4 Å². The average Bonchev–Trinajstić information content (AvgIpc) is 3.13. The van der Waals surface area contributed by atoms with Crippen LogP contribution in [0.5, 0.6) is 0 Å². The third-order valence-corrected chi connectivity index (χ3v) is 4.70. The molecule has 138 valence electrons. The minimum Gasteiger partial charge on any atom is -0.295 e. The maximum atomic E-state index is 12.9. The monoisotopic (exact) mass is 384 g/mol. The van der Waals surface area contributed by atoms with Gasteiger partial charge in [0.25, 0.3) is 5.91 Å². The maximum Gasteiger partial charge on any atom is 0.269 e. The number of aryl methyl sites for hydroxylation is 1. The van der Waals surface area contributed by atoms with E-state index < -0.39 is 11.7 Å². The molecule has 8 heteroatoms. The Bertz CT molecular complexity index is 956. The number of rotatable bonds is 5. The molecule has 3 aromatic rings. The van der Waals surface area contributed by atoms with Gasteiger partial charge in [0.1, 0.15) is 5.82 Å². The fraction of sp³-hybridized carbons (Fsp3) is 0.105. The number of aromatic nitrogens is 2. The quantitative estimate of drug-likeness (QED) is 0.524. The van der Waals surface area contributed by atoms with Gasteiger partial charge in [-0.3, -0.25) is 25.0 Å². The van der Waals surface area contributed by atoms with Crippen molar-refractivity contribution in [3.63, 3.8) is 0 Å². The van der Waals surface area contributed by atoms with Crippen molar-refractivity contribution in [3.8, 4) is 5.69 Å². The topological polar surface area (TPSA) is 76.0 Å². The third kappa shape index (κ3) is 4.73. The van der Waals surface area contributed by atoms with E-state index >= 15 is 0 Å². The lowest BCUT2D eigenvalue weighted by molar-refractivity contribution is -0.119. The number of imidazole rings is 1. The van der Waals surface area contributed by atoms with Gasteiger partial charge in [-0.15, -0.1) is 0 Å². The number of halogens is 1. The van der Waals surface area contributed by atoms with E-state index in [1.807, 2.05) is 42.0 Å². The van der Waals surface area contributed by atoms with E-state index in [2.05, 4.69) is 15.8 Å². The summed E-state index contributed by atoms with van der Waals surface area (Å²) in [7, 11) is 0. The second-order valence-corrected chi connectivity index (χ2v) is 6.61. The minimum absolute atomic E-state index is 0.0760. The lowest BCUT2D eigenvalue weighted by Gasteiger charge is -2.10. The second kappa shape index (κ2) is 8.50. The van der Waals surface area contributed by atoms with E-state index in [0.29, 0.717) is 5.16 Å². The molecule has 0 spiro atoms. The van der Waals surface area contributed by atoms with Gasteiger partial charge in [-0.2, -0.15) is 0 Å². The van der Waals surface area contributed by atoms with Crippen molar-refractivity contribution in [1.29, 1.82) is 0 Å². The first kappa shape index (κ1) is 18.7. The summed E-state index contributed by atoms with van der Waals surface area (Å²) in [5.41, 5.74) is 6.97. The first-order valence-corrected chi connectivity index (χ1v) is 9.10. The van der Waals surface area contributed by atoms with Gasteiger partial charge in [0.2, 0.25) is 5.91 Å². The van der Waals surface area contributed by atoms with Gasteiger partial charge in [-0.05, 0) is 42.8 Å². The van der Waals surface area contributed by atoms with Gasteiger partial charge in [0.05, 0.1) is 11.4 Å². The van der Waals surface area contributed by atoms with E-state index in [1.54, 1.807) is 6.20 Å². The Balaban J connectivity index is 1.54. The van der Waals surface area contributed by atoms with Crippen LogP contribution >= 0.6 is 11.8 Å². The highest BCUT2D eigenvalue weighted by atomic mass is 32.2. The molecular formula is C19H17FN4O2S. The molecule has 0 aliphatic rings. The number of carbonyl (C=O) groups excluding carboxylic acids is 2. The molecule has 6 nitrogen and oxygen atoms in total. The molecule has 0 saturated heterocycles. The number of hydrazine groups is 1. The van der Waals surface area contributed by atoms with Crippen LogP contribution in [0.25, 0.3) is 5.69 Å². The normalized spacial score (nSPS) is 10.4. The van der Waals surface area contributed by atoms with E-state index in [1.165, 1.54) is 36.0 Å². The molecule has 0 unspecified atom stereocenters. The Morgan fingerprint density at radius 2 is 1.85 bits per heavy atom. The molecule has 0 fully saturated rings. The number of benzene rings is 2. The standard InChI is InChI=1S/C19H17FN4O2S/c1-13-4-2-3-5-16(13)24-11-10-21-19(24)27-12-17(25)22-23-18(26)14-6-8-15(20)9-7-14/h2-11H,12H2,1H3,(H,22,25)(H,23,26). The first-order chi connectivity index (χ1) is 13.0. The number of carbonyl (C=O) groups is 2. The van der Waals surface area contributed by atoms with Crippen molar-refractivity contribution in [2.24, 2.45) is 0 Å². The summed E-state index contributed by atoms with van der Waals surface area (Å²) in [6, 6.07) is 12.9. The highest BCUT2D eigenvalue weighted by Crippen LogP contribution is 2.22. The van der Waals surface area contributed by atoms with Crippen molar-refractivity contribution in [2.75, 3.05) is 5.75 Å². The largest absolute Gasteiger partial charge is 0.295 e. The van der Waals surface area contributed by atoms with Crippen molar-refractivity contribution >= 4 is 23.6 Å². The highest BCUT2D eigenvalue weighted by Gasteiger charge is 2.11. The minimum atomic E-state index is -0.519. The predicted octanol–water partition coefficient (Wildman–Crippen LogP) is 2.87. The summed E-state index contributed by atoms with van der Waals surface area (Å²) in [6.07, 6.45) is 3.50. The number of hydrogen-bond acceptors (Lipinski definition) is 4. The Labute approximate surface area is 159 Å². The van der Waals surface area contributed by atoms with Crippen LogP contribution in [0, 0.1) is 12.7 Å². The number of hydrogen-bond donors (Lipinski definition) is 2. The summed E-state index contributed by atoms with van der Waals surface area (Å²) in [4.78, 5) is 28.2. The van der Waals surface area contributed by atoms with Crippen LogP contribution in [-0.2, 0) is 4.79 Å². The summed E-state index contributed by atoms with van der Waals surface area (Å²) in [5.74, 6) is -1.26. The molecule has 0 saturated carbocycles. The van der Waals surface area contributed by atoms with Gasteiger partial charge in [0, 0.05) is 18.0 Å². The zero-order valence-corrected chi connectivity index (χ0v) is 15.3. The van der Waals surface area contributed by atoms with Crippen molar-refractivity contribution in [3.05, 3.63) is 77.9 Å². The molecule has 27 heavy (non-hydrogen) atoms. The van der Waals surface area contributed by atoms with Gasteiger partial charge < -0.3 is 0 Å². The molecule has 0 radical (unpaired) electrons. The van der Waals surface area contributed by atoms with E-state index in [4.69, 9.17) is 0 Å². The Morgan fingerprint density at radius 3 is 2.59 bits per heavy atom. The Morgan fingerprint density at radius 1 is 1.11 bits per heavy atom. The SMILES string of the molecule is Cc1ccccc1-n1ccnc1SCC(=O)NNC(=O)c1ccc(F)cc1. The van der Waals surface area contributed by atoms with Gasteiger partial charge >= 0.3 is 0 Å². The lowest BCUT2D eigenvalue weighted by Crippen LogP contribution is -2.42. The number of para-hydroxylation sites is 1. The van der Waals surface area contributed by atoms with Crippen LogP contribution in [0.2, 0.25) is 0 Å². The molecule has 2 N–H and O–H groups in total.